The zero-order chi connectivity index (χ0) is 86.9. The summed E-state index contributed by atoms with van der Waals surface area (Å²) in [5.41, 5.74) is 30.6. The average Bonchev–Trinajstić information content (AvgIpc) is 1.17. The number of para-hydroxylation sites is 4. The number of nitrogens with zero attached hydrogens (tertiary/aromatic N) is 3. The van der Waals surface area contributed by atoms with E-state index >= 15 is 0 Å². The summed E-state index contributed by atoms with van der Waals surface area (Å²) in [5.74, 6) is 0. The lowest BCUT2D eigenvalue weighted by Gasteiger charge is -2.46. The van der Waals surface area contributed by atoms with Crippen molar-refractivity contribution in [2.24, 2.45) is 0 Å². The minimum absolute atomic E-state index is 0.356. The molecule has 1 aromatic heterocycles. The van der Waals surface area contributed by atoms with Crippen LogP contribution in [0.2, 0.25) is 0 Å². The Morgan fingerprint density at radius 1 is 0.208 bits per heavy atom. The van der Waals surface area contributed by atoms with Gasteiger partial charge in [0.2, 0.25) is 0 Å². The van der Waals surface area contributed by atoms with E-state index in [0.29, 0.717) is 0 Å². The first-order valence-corrected chi connectivity index (χ1v) is 49.4. The van der Waals surface area contributed by atoms with Gasteiger partial charge in [0.05, 0.1) is 22.4 Å². The second kappa shape index (κ2) is 32.9. The predicted molar refractivity (Wildman–Crippen MR) is 559 cm³/mol. The van der Waals surface area contributed by atoms with Gasteiger partial charge in [-0.1, -0.05) is 482 Å². The molecule has 0 aliphatic carbocycles. The Morgan fingerprint density at radius 3 is 0.908 bits per heavy atom. The zero-order valence-electron chi connectivity index (χ0n) is 72.8. The first kappa shape index (κ1) is 79.0. The van der Waals surface area contributed by atoms with Gasteiger partial charge in [0.1, 0.15) is 0 Å². The van der Waals surface area contributed by atoms with Gasteiger partial charge in [-0.05, 0) is 167 Å². The van der Waals surface area contributed by atoms with Gasteiger partial charge in [-0.3, -0.25) is 0 Å². The maximum atomic E-state index is 2.73. The molecule has 23 rings (SSSR count). The Morgan fingerprint density at radius 2 is 0.523 bits per heavy atom. The normalized spacial score (nSPS) is 12.4. The van der Waals surface area contributed by atoms with Crippen LogP contribution in [0, 0.1) is 0 Å². The van der Waals surface area contributed by atoms with Crippen LogP contribution in [-0.4, -0.2) is 27.4 Å². The lowest BCUT2D eigenvalue weighted by Crippen LogP contribution is -2.78. The number of anilines is 6. The van der Waals surface area contributed by atoms with Crippen molar-refractivity contribution in [2.75, 3.05) is 9.80 Å². The third kappa shape index (κ3) is 13.4. The third-order valence-corrected chi connectivity index (χ3v) is 36.8. The van der Waals surface area contributed by atoms with Crippen LogP contribution in [-0.2, 0) is 5.41 Å². The van der Waals surface area contributed by atoms with Crippen LogP contribution in [0.15, 0.2) is 504 Å². The van der Waals surface area contributed by atoms with Crippen molar-refractivity contribution in [3.05, 3.63) is 509 Å². The number of rotatable bonds is 18. The van der Waals surface area contributed by atoms with Gasteiger partial charge < -0.3 is 14.4 Å². The van der Waals surface area contributed by atoms with Crippen LogP contribution < -0.4 is 67.7 Å². The molecule has 21 aromatic rings. The molecule has 0 saturated carbocycles. The van der Waals surface area contributed by atoms with E-state index in [0.717, 1.165) is 106 Å². The van der Waals surface area contributed by atoms with Crippen molar-refractivity contribution in [2.45, 2.75) is 26.2 Å². The van der Waals surface area contributed by atoms with E-state index in [1.54, 1.807) is 0 Å². The van der Waals surface area contributed by atoms with Crippen LogP contribution in [0.25, 0.3) is 105 Å². The molecule has 130 heavy (non-hydrogen) atoms. The fourth-order valence-corrected chi connectivity index (χ4v) is 31.3. The minimum Gasteiger partial charge on any atom is -0.310 e. The monoisotopic (exact) mass is 1690 g/mol. The molecule has 3 nitrogen and oxygen atoms in total. The van der Waals surface area contributed by atoms with Crippen molar-refractivity contribution in [1.29, 1.82) is 0 Å². The van der Waals surface area contributed by atoms with E-state index in [4.69, 9.17) is 0 Å². The number of hydrogen-bond acceptors (Lipinski definition) is 2. The van der Waals surface area contributed by atoms with Crippen molar-refractivity contribution < 1.29 is 0 Å². The third-order valence-electron chi connectivity index (χ3n) is 27.4. The fraction of sp³-hybridized carbons (Fsp3) is 0.0323. The van der Waals surface area contributed by atoms with Crippen molar-refractivity contribution in [1.82, 2.24) is 4.57 Å². The predicted octanol–water partition coefficient (Wildman–Crippen LogP) is 24.6. The van der Waals surface area contributed by atoms with Gasteiger partial charge in [-0.15, -0.1) is 0 Å². The molecule has 0 amide bonds. The SMILES string of the molecule is CC(C)(C)c1cc2c3c(c1)N(c1c(-c4ccccc4)cccc1-c1ccccc1)c1cc(-n4c5ccccc5c5ccccc54)ccc1B3c1cc(-c3cc([Si](c4ccccc4)(c4ccccc4)c4cccc(-c5ccccc5)c4)cc([Si](c4ccccc4)(c4ccccc4)c4cccc(-c5ccccc5)c4)c3)ccc1N2c1c(-c2ccccc2)cccc1-c1ccccc1. The molecule has 0 spiro atoms. The lowest BCUT2D eigenvalue weighted by molar-refractivity contribution is 0.590. The zero-order valence-corrected chi connectivity index (χ0v) is 74.8. The molecule has 0 radical (unpaired) electrons. The van der Waals surface area contributed by atoms with Gasteiger partial charge >= 0.3 is 0 Å². The largest absolute Gasteiger partial charge is 0.310 e. The molecule has 3 heterocycles. The van der Waals surface area contributed by atoms with E-state index < -0.39 is 16.1 Å². The standard InChI is InChI=1S/C124H92BN3Si2/c1-124(2,3)97-83-119-121-120(84-97)128(123-109(91-50-22-8-23-51-91)70-41-71-110(123)92-52-24-9-25-53-92)118-85-98(126-115-72-36-34-66-111(115)112-67-35-37-73-116(112)126)75-76-113(118)125(121)114-82-95(74-77-117(114)127(119)122-107(89-46-18-6-19-47-89)68-40-69-108(122)90-48-20-7-21-49-90)96-80-105(129(99-56-26-10-27-57-99,100-58-28-11-29-59-100)103-64-38-54-93(78-103)87-42-14-4-15-43-87)86-106(81-96)130(101-60-30-12-31-61-101,102-62-32-13-33-63-102)104-65-39-55-94(79-104)88-44-16-5-17-45-88/h4-86H,1-3H3. The average molecular weight is 1690 g/mol. The van der Waals surface area contributed by atoms with Gasteiger partial charge in [-0.2, -0.15) is 0 Å². The summed E-state index contributed by atoms with van der Waals surface area (Å²) in [6, 6.07) is 193. The Hall–Kier alpha value is -15.7. The Balaban J connectivity index is 0.891. The summed E-state index contributed by atoms with van der Waals surface area (Å²) < 4.78 is 2.51. The highest BCUT2D eigenvalue weighted by molar-refractivity contribution is 7.22. The fourth-order valence-electron chi connectivity index (χ4n) is 21.5. The number of aromatic nitrogens is 1. The van der Waals surface area contributed by atoms with E-state index in [2.05, 4.69) is 539 Å². The van der Waals surface area contributed by atoms with Crippen molar-refractivity contribution >= 4 is 137 Å². The van der Waals surface area contributed by atoms with E-state index in [9.17, 15) is 0 Å². The number of fused-ring (bicyclic) bond motifs is 7. The Kier molecular flexibility index (Phi) is 20.0. The number of benzene rings is 20. The summed E-state index contributed by atoms with van der Waals surface area (Å²) in [6.45, 7) is 6.84. The van der Waals surface area contributed by atoms with E-state index in [1.165, 1.54) is 96.5 Å². The highest BCUT2D eigenvalue weighted by Gasteiger charge is 2.49. The van der Waals surface area contributed by atoms with Crippen molar-refractivity contribution in [3.8, 4) is 83.6 Å². The van der Waals surface area contributed by atoms with Gasteiger partial charge in [0, 0.05) is 61.5 Å². The quantitative estimate of drug-likeness (QED) is 0.0627. The molecular formula is C124H92BN3Si2. The molecule has 0 N–H and O–H groups in total. The molecule has 0 atom stereocenters. The first-order valence-electron chi connectivity index (χ1n) is 45.4. The highest BCUT2D eigenvalue weighted by atomic mass is 28.3. The molecular weight excluding hydrogens is 1600 g/mol. The summed E-state index contributed by atoms with van der Waals surface area (Å²) in [6.07, 6.45) is 0. The Bertz CT molecular complexity index is 7370. The Labute approximate surface area is 764 Å². The van der Waals surface area contributed by atoms with Crippen LogP contribution in [0.4, 0.5) is 34.1 Å². The number of hydrogen-bond donors (Lipinski definition) is 0. The van der Waals surface area contributed by atoms with Gasteiger partial charge in [0.25, 0.3) is 6.71 Å². The highest BCUT2D eigenvalue weighted by Crippen LogP contribution is 2.54. The lowest BCUT2D eigenvalue weighted by atomic mass is 9.33. The first-order chi connectivity index (χ1) is 64.1. The maximum Gasteiger partial charge on any atom is 0.252 e. The summed E-state index contributed by atoms with van der Waals surface area (Å²) >= 11 is 0. The maximum absolute atomic E-state index is 3.56. The molecule has 2 aliphatic rings. The second-order valence-electron chi connectivity index (χ2n) is 35.7. The summed E-state index contributed by atoms with van der Waals surface area (Å²) in [5, 5.41) is 12.8. The van der Waals surface area contributed by atoms with Gasteiger partial charge in [0.15, 0.2) is 16.1 Å². The van der Waals surface area contributed by atoms with Crippen molar-refractivity contribution in [3.63, 3.8) is 0 Å². The summed E-state index contributed by atoms with van der Waals surface area (Å²) in [4.78, 5) is 5.44. The molecule has 6 heteroatoms. The molecule has 0 bridgehead atoms. The minimum atomic E-state index is -3.56. The molecule has 0 unspecified atom stereocenters. The van der Waals surface area contributed by atoms with Crippen LogP contribution in [0.3, 0.4) is 0 Å². The van der Waals surface area contributed by atoms with Gasteiger partial charge in [-0.25, -0.2) is 0 Å². The molecule has 2 aliphatic heterocycles. The topological polar surface area (TPSA) is 11.4 Å². The molecule has 0 fully saturated rings. The van der Waals surface area contributed by atoms with Crippen LogP contribution in [0.1, 0.15) is 26.3 Å². The van der Waals surface area contributed by atoms with Crippen LogP contribution in [0.5, 0.6) is 0 Å². The van der Waals surface area contributed by atoms with E-state index in [-0.39, 0.29) is 12.1 Å². The molecule has 0 saturated heterocycles. The summed E-state index contributed by atoms with van der Waals surface area (Å²) in [7, 11) is -7.11. The molecule has 20 aromatic carbocycles. The van der Waals surface area contributed by atoms with E-state index in [1.807, 2.05) is 0 Å². The second-order valence-corrected chi connectivity index (χ2v) is 43.3. The smallest absolute Gasteiger partial charge is 0.252 e. The molecule has 614 valence electrons. The van der Waals surface area contributed by atoms with Crippen LogP contribution >= 0.6 is 0 Å².